The van der Waals surface area contributed by atoms with Crippen molar-refractivity contribution in [1.82, 2.24) is 14.5 Å². The van der Waals surface area contributed by atoms with Crippen LogP contribution < -0.4 is 5.32 Å². The molecule has 1 aliphatic rings. The Bertz CT molecular complexity index is 552. The van der Waals surface area contributed by atoms with Gasteiger partial charge in [-0.25, -0.2) is 8.42 Å². The van der Waals surface area contributed by atoms with Crippen molar-refractivity contribution in [1.29, 1.82) is 0 Å². The Kier molecular flexibility index (Phi) is 5.75. The third kappa shape index (κ3) is 4.03. The fraction of sp³-hybridized carbons (Fsp3) is 0.600. The molecule has 1 saturated heterocycles. The summed E-state index contributed by atoms with van der Waals surface area (Å²) >= 11 is 0. The summed E-state index contributed by atoms with van der Waals surface area (Å²) in [6.07, 6.45) is 1.11. The summed E-state index contributed by atoms with van der Waals surface area (Å²) in [6.45, 7) is 6.68. The zero-order chi connectivity index (χ0) is 15.3. The van der Waals surface area contributed by atoms with E-state index >= 15 is 0 Å². The molecule has 0 aromatic heterocycles. The van der Waals surface area contributed by atoms with Gasteiger partial charge in [-0.1, -0.05) is 19.1 Å². The molecule has 5 nitrogen and oxygen atoms in total. The van der Waals surface area contributed by atoms with Crippen LogP contribution in [0.4, 0.5) is 0 Å². The number of hydrogen-bond acceptors (Lipinski definition) is 4. The monoisotopic (exact) mass is 311 g/mol. The summed E-state index contributed by atoms with van der Waals surface area (Å²) in [6, 6.07) is 7.21. The van der Waals surface area contributed by atoms with Gasteiger partial charge in [0.25, 0.3) is 0 Å². The standard InChI is InChI=1S/C15H25N3O2S/c1-3-7-17-8-10-18(11-9-17)21(19,20)15-6-4-5-14(12-15)13-16-2/h4-6,12,16H,3,7-11,13H2,1-2H3. The molecule has 118 valence electrons. The Labute approximate surface area is 128 Å². The number of piperazine rings is 1. The topological polar surface area (TPSA) is 52.7 Å². The van der Waals surface area contributed by atoms with E-state index in [0.717, 1.165) is 31.6 Å². The van der Waals surface area contributed by atoms with Crippen LogP contribution in [0.3, 0.4) is 0 Å². The molecule has 0 amide bonds. The minimum atomic E-state index is -3.36. The van der Waals surface area contributed by atoms with Crippen molar-refractivity contribution in [2.45, 2.75) is 24.8 Å². The molecular formula is C15H25N3O2S. The van der Waals surface area contributed by atoms with Crippen LogP contribution in [0.1, 0.15) is 18.9 Å². The molecule has 2 rings (SSSR count). The van der Waals surface area contributed by atoms with Crippen LogP contribution in [0.15, 0.2) is 29.2 Å². The maximum Gasteiger partial charge on any atom is 0.243 e. The molecule has 1 aromatic rings. The maximum absolute atomic E-state index is 12.7. The molecule has 0 spiro atoms. The van der Waals surface area contributed by atoms with Gasteiger partial charge >= 0.3 is 0 Å². The smallest absolute Gasteiger partial charge is 0.243 e. The fourth-order valence-electron chi connectivity index (χ4n) is 2.68. The van der Waals surface area contributed by atoms with Crippen LogP contribution in [0.5, 0.6) is 0 Å². The van der Waals surface area contributed by atoms with E-state index < -0.39 is 10.0 Å². The number of rotatable bonds is 6. The van der Waals surface area contributed by atoms with Crippen molar-refractivity contribution in [3.63, 3.8) is 0 Å². The van der Waals surface area contributed by atoms with Crippen molar-refractivity contribution >= 4 is 10.0 Å². The fourth-order valence-corrected chi connectivity index (χ4v) is 4.17. The van der Waals surface area contributed by atoms with Crippen LogP contribution in [0.2, 0.25) is 0 Å². The van der Waals surface area contributed by atoms with E-state index in [2.05, 4.69) is 17.1 Å². The second-order valence-electron chi connectivity index (χ2n) is 5.42. The zero-order valence-corrected chi connectivity index (χ0v) is 13.7. The van der Waals surface area contributed by atoms with Crippen molar-refractivity contribution in [3.8, 4) is 0 Å². The third-order valence-corrected chi connectivity index (χ3v) is 5.68. The first-order valence-corrected chi connectivity index (χ1v) is 8.98. The minimum absolute atomic E-state index is 0.402. The summed E-state index contributed by atoms with van der Waals surface area (Å²) in [5, 5.41) is 3.05. The van der Waals surface area contributed by atoms with Crippen molar-refractivity contribution < 1.29 is 8.42 Å². The highest BCUT2D eigenvalue weighted by Gasteiger charge is 2.28. The van der Waals surface area contributed by atoms with Crippen LogP contribution in [0.25, 0.3) is 0 Å². The van der Waals surface area contributed by atoms with E-state index in [9.17, 15) is 8.42 Å². The summed E-state index contributed by atoms with van der Waals surface area (Å²) in [7, 11) is -1.51. The van der Waals surface area contributed by atoms with Crippen molar-refractivity contribution in [2.24, 2.45) is 0 Å². The number of nitrogens with one attached hydrogen (secondary N) is 1. The van der Waals surface area contributed by atoms with Gasteiger partial charge in [-0.3, -0.25) is 0 Å². The van der Waals surface area contributed by atoms with Crippen molar-refractivity contribution in [2.75, 3.05) is 39.8 Å². The Morgan fingerprint density at radius 2 is 1.90 bits per heavy atom. The van der Waals surface area contributed by atoms with E-state index in [1.807, 2.05) is 19.2 Å². The SMILES string of the molecule is CCCN1CCN(S(=O)(=O)c2cccc(CNC)c2)CC1. The highest BCUT2D eigenvalue weighted by atomic mass is 32.2. The summed E-state index contributed by atoms with van der Waals surface area (Å²) in [5.74, 6) is 0. The van der Waals surface area contributed by atoms with Gasteiger partial charge in [0.15, 0.2) is 0 Å². The average Bonchev–Trinajstić information content (AvgIpc) is 2.49. The number of sulfonamides is 1. The molecule has 1 N–H and O–H groups in total. The second kappa shape index (κ2) is 7.35. The molecule has 6 heteroatoms. The normalized spacial score (nSPS) is 18.0. The molecule has 0 aliphatic carbocycles. The first-order valence-electron chi connectivity index (χ1n) is 7.54. The molecule has 1 aromatic carbocycles. The second-order valence-corrected chi connectivity index (χ2v) is 7.36. The third-order valence-electron chi connectivity index (χ3n) is 3.79. The highest BCUT2D eigenvalue weighted by molar-refractivity contribution is 7.89. The van der Waals surface area contributed by atoms with Crippen LogP contribution in [-0.2, 0) is 16.6 Å². The summed E-state index contributed by atoms with van der Waals surface area (Å²) in [4.78, 5) is 2.72. The molecule has 0 saturated carbocycles. The average molecular weight is 311 g/mol. The van der Waals surface area contributed by atoms with E-state index in [-0.39, 0.29) is 0 Å². The van der Waals surface area contributed by atoms with E-state index in [1.54, 1.807) is 16.4 Å². The summed E-state index contributed by atoms with van der Waals surface area (Å²) in [5.41, 5.74) is 0.989. The predicted octanol–water partition coefficient (Wildman–Crippen LogP) is 1.12. The molecule has 1 heterocycles. The van der Waals surface area contributed by atoms with E-state index in [4.69, 9.17) is 0 Å². The van der Waals surface area contributed by atoms with Gasteiger partial charge in [-0.2, -0.15) is 4.31 Å². The van der Waals surface area contributed by atoms with Gasteiger partial charge < -0.3 is 10.2 Å². The molecule has 0 radical (unpaired) electrons. The first-order chi connectivity index (χ1) is 10.1. The first kappa shape index (κ1) is 16.4. The molecule has 0 bridgehead atoms. The lowest BCUT2D eigenvalue weighted by Gasteiger charge is -2.33. The van der Waals surface area contributed by atoms with Crippen LogP contribution >= 0.6 is 0 Å². The van der Waals surface area contributed by atoms with E-state index in [1.165, 1.54) is 0 Å². The molecule has 21 heavy (non-hydrogen) atoms. The lowest BCUT2D eigenvalue weighted by atomic mass is 10.2. The molecule has 0 atom stereocenters. The molecule has 0 unspecified atom stereocenters. The predicted molar refractivity (Wildman–Crippen MR) is 84.7 cm³/mol. The molecular weight excluding hydrogens is 286 g/mol. The van der Waals surface area contributed by atoms with Gasteiger partial charge in [0.05, 0.1) is 4.90 Å². The van der Waals surface area contributed by atoms with Crippen LogP contribution in [-0.4, -0.2) is 57.4 Å². The lowest BCUT2D eigenvalue weighted by Crippen LogP contribution is -2.48. The quantitative estimate of drug-likeness (QED) is 0.855. The van der Waals surface area contributed by atoms with E-state index in [0.29, 0.717) is 24.5 Å². The number of nitrogens with zero attached hydrogens (tertiary/aromatic N) is 2. The maximum atomic E-state index is 12.7. The van der Waals surface area contributed by atoms with Gasteiger partial charge in [0.2, 0.25) is 10.0 Å². The Morgan fingerprint density at radius 1 is 1.19 bits per heavy atom. The lowest BCUT2D eigenvalue weighted by molar-refractivity contribution is 0.188. The van der Waals surface area contributed by atoms with Gasteiger partial charge in [-0.05, 0) is 37.7 Å². The van der Waals surface area contributed by atoms with Crippen LogP contribution in [0, 0.1) is 0 Å². The Balaban J connectivity index is 2.10. The van der Waals surface area contributed by atoms with Gasteiger partial charge in [0, 0.05) is 32.7 Å². The Hall–Kier alpha value is -0.950. The molecule has 1 fully saturated rings. The number of hydrogen-bond donors (Lipinski definition) is 1. The van der Waals surface area contributed by atoms with Crippen molar-refractivity contribution in [3.05, 3.63) is 29.8 Å². The van der Waals surface area contributed by atoms with Gasteiger partial charge in [0.1, 0.15) is 0 Å². The zero-order valence-electron chi connectivity index (χ0n) is 12.9. The Morgan fingerprint density at radius 3 is 2.52 bits per heavy atom. The van der Waals surface area contributed by atoms with Gasteiger partial charge in [-0.15, -0.1) is 0 Å². The molecule has 1 aliphatic heterocycles. The largest absolute Gasteiger partial charge is 0.316 e. The number of benzene rings is 1. The minimum Gasteiger partial charge on any atom is -0.316 e. The highest BCUT2D eigenvalue weighted by Crippen LogP contribution is 2.19. The summed E-state index contributed by atoms with van der Waals surface area (Å²) < 4.78 is 27.0.